The highest BCUT2D eigenvalue weighted by molar-refractivity contribution is 5.39. The van der Waals surface area contributed by atoms with Crippen LogP contribution in [0.5, 0.6) is 0 Å². The lowest BCUT2D eigenvalue weighted by atomic mass is 10.2. The van der Waals surface area contributed by atoms with Crippen LogP contribution in [0.1, 0.15) is 36.1 Å². The third-order valence-electron chi connectivity index (χ3n) is 3.56. The van der Waals surface area contributed by atoms with Crippen LogP contribution in [0, 0.1) is 6.92 Å². The molecule has 0 aliphatic carbocycles. The van der Waals surface area contributed by atoms with Crippen LogP contribution >= 0.6 is 0 Å². The maximum absolute atomic E-state index is 12.9. The van der Waals surface area contributed by atoms with Gasteiger partial charge in [0.25, 0.3) is 0 Å². The van der Waals surface area contributed by atoms with Crippen LogP contribution in [0.15, 0.2) is 24.7 Å². The molecule has 2 aromatic rings. The predicted octanol–water partition coefficient (Wildman–Crippen LogP) is 2.94. The first-order chi connectivity index (χ1) is 10.4. The van der Waals surface area contributed by atoms with E-state index in [2.05, 4.69) is 19.9 Å². The molecule has 1 aliphatic rings. The van der Waals surface area contributed by atoms with Crippen molar-refractivity contribution in [3.8, 4) is 0 Å². The van der Waals surface area contributed by atoms with Crippen molar-refractivity contribution in [1.29, 1.82) is 0 Å². The highest BCUT2D eigenvalue weighted by Gasteiger charge is 2.36. The quantitative estimate of drug-likeness (QED) is 0.853. The molecule has 2 aromatic heterocycles. The molecule has 8 heteroatoms. The zero-order valence-corrected chi connectivity index (χ0v) is 11.9. The molecule has 5 nitrogen and oxygen atoms in total. The van der Waals surface area contributed by atoms with Gasteiger partial charge in [0.1, 0.15) is 11.5 Å². The number of hydrogen-bond donors (Lipinski definition) is 0. The van der Waals surface area contributed by atoms with Crippen molar-refractivity contribution >= 4 is 5.82 Å². The summed E-state index contributed by atoms with van der Waals surface area (Å²) in [6.07, 6.45) is 1.77. The van der Waals surface area contributed by atoms with Crippen LogP contribution in [0.4, 0.5) is 19.0 Å². The molecule has 0 bridgehead atoms. The molecule has 1 saturated heterocycles. The van der Waals surface area contributed by atoms with Crippen molar-refractivity contribution in [1.82, 2.24) is 19.9 Å². The van der Waals surface area contributed by atoms with Gasteiger partial charge in [-0.15, -0.1) is 0 Å². The molecule has 3 heterocycles. The minimum atomic E-state index is -4.47. The van der Waals surface area contributed by atoms with Crippen LogP contribution < -0.4 is 4.90 Å². The molecule has 1 unspecified atom stereocenters. The summed E-state index contributed by atoms with van der Waals surface area (Å²) in [6.45, 7) is 2.24. The second kappa shape index (κ2) is 5.51. The van der Waals surface area contributed by atoms with E-state index < -0.39 is 11.9 Å². The molecule has 1 fully saturated rings. The van der Waals surface area contributed by atoms with Crippen LogP contribution in [0.2, 0.25) is 0 Å². The summed E-state index contributed by atoms with van der Waals surface area (Å²) in [6, 6.07) is 0.656. The van der Waals surface area contributed by atoms with Crippen molar-refractivity contribution < 1.29 is 13.2 Å². The van der Waals surface area contributed by atoms with Crippen LogP contribution in [0.25, 0.3) is 0 Å². The Morgan fingerprint density at radius 2 is 2.05 bits per heavy atom. The molecule has 116 valence electrons. The maximum atomic E-state index is 12.9. The van der Waals surface area contributed by atoms with Crippen LogP contribution in [-0.2, 0) is 6.18 Å². The summed E-state index contributed by atoms with van der Waals surface area (Å²) >= 11 is 0. The normalized spacial score (nSPS) is 18.7. The van der Waals surface area contributed by atoms with Gasteiger partial charge >= 0.3 is 6.18 Å². The lowest BCUT2D eigenvalue weighted by molar-refractivity contribution is -0.141. The Bertz CT molecular complexity index is 659. The van der Waals surface area contributed by atoms with Crippen molar-refractivity contribution in [2.45, 2.75) is 32.0 Å². The third-order valence-corrected chi connectivity index (χ3v) is 3.56. The summed E-state index contributed by atoms with van der Waals surface area (Å²) in [5.74, 6) is 0.819. The number of aryl methyl sites for hydroxylation is 1. The van der Waals surface area contributed by atoms with E-state index in [0.717, 1.165) is 12.5 Å². The van der Waals surface area contributed by atoms with Crippen molar-refractivity contribution in [2.75, 3.05) is 11.4 Å². The highest BCUT2D eigenvalue weighted by Crippen LogP contribution is 2.35. The molecule has 0 amide bonds. The Kier molecular flexibility index (Phi) is 3.67. The molecule has 0 spiro atoms. The van der Waals surface area contributed by atoms with Gasteiger partial charge in [-0.1, -0.05) is 0 Å². The summed E-state index contributed by atoms with van der Waals surface area (Å²) in [5.41, 5.74) is -0.593. The number of aromatic nitrogens is 4. The largest absolute Gasteiger partial charge is 0.433 e. The Balaban J connectivity index is 1.98. The number of hydrogen-bond acceptors (Lipinski definition) is 5. The molecule has 0 aromatic carbocycles. The summed E-state index contributed by atoms with van der Waals surface area (Å²) in [7, 11) is 0. The zero-order chi connectivity index (χ0) is 15.7. The number of rotatable bonds is 2. The lowest BCUT2D eigenvalue weighted by Crippen LogP contribution is -2.26. The average Bonchev–Trinajstić information content (AvgIpc) is 2.96. The van der Waals surface area contributed by atoms with Gasteiger partial charge in [0, 0.05) is 24.6 Å². The fourth-order valence-corrected chi connectivity index (χ4v) is 2.63. The Morgan fingerprint density at radius 1 is 1.23 bits per heavy atom. The summed E-state index contributed by atoms with van der Waals surface area (Å²) in [4.78, 5) is 18.1. The van der Waals surface area contributed by atoms with Crippen LogP contribution in [0.3, 0.4) is 0 Å². The molecule has 0 radical (unpaired) electrons. The topological polar surface area (TPSA) is 54.8 Å². The molecule has 0 saturated carbocycles. The third kappa shape index (κ3) is 2.86. The molecule has 1 atom stereocenters. The monoisotopic (exact) mass is 309 g/mol. The van der Waals surface area contributed by atoms with Crippen molar-refractivity contribution in [2.24, 2.45) is 0 Å². The molecule has 22 heavy (non-hydrogen) atoms. The minimum absolute atomic E-state index is 0.190. The van der Waals surface area contributed by atoms with Gasteiger partial charge in [0.2, 0.25) is 0 Å². The second-order valence-electron chi connectivity index (χ2n) is 5.17. The fourth-order valence-electron chi connectivity index (χ4n) is 2.63. The van der Waals surface area contributed by atoms with Gasteiger partial charge < -0.3 is 4.90 Å². The highest BCUT2D eigenvalue weighted by atomic mass is 19.4. The number of halogens is 3. The van der Waals surface area contributed by atoms with Gasteiger partial charge in [-0.25, -0.2) is 15.0 Å². The molecule has 0 N–H and O–H groups in total. The summed E-state index contributed by atoms with van der Waals surface area (Å²) in [5, 5.41) is 0. The second-order valence-corrected chi connectivity index (χ2v) is 5.17. The van der Waals surface area contributed by atoms with E-state index in [0.29, 0.717) is 24.5 Å². The van der Waals surface area contributed by atoms with E-state index in [1.807, 2.05) is 4.90 Å². The summed E-state index contributed by atoms with van der Waals surface area (Å²) < 4.78 is 38.8. The van der Waals surface area contributed by atoms with Gasteiger partial charge in [0.05, 0.1) is 12.2 Å². The average molecular weight is 309 g/mol. The van der Waals surface area contributed by atoms with E-state index in [-0.39, 0.29) is 11.9 Å². The Morgan fingerprint density at radius 3 is 2.73 bits per heavy atom. The predicted molar refractivity (Wildman–Crippen MR) is 73.1 cm³/mol. The molecular formula is C14H14F3N5. The Labute approximate surface area is 125 Å². The SMILES string of the molecule is Cc1cc(C(F)(F)F)nc(C2CCCN2c2cnccn2)n1. The standard InChI is InChI=1S/C14H14F3N5/c1-9-7-11(14(15,16)17)21-13(20-9)10-3-2-6-22(10)12-8-18-4-5-19-12/h4-5,7-8,10H,2-3,6H2,1H3. The van der Waals surface area contributed by atoms with Crippen molar-refractivity contribution in [3.63, 3.8) is 0 Å². The number of anilines is 1. The smallest absolute Gasteiger partial charge is 0.345 e. The van der Waals surface area contributed by atoms with Gasteiger partial charge in [-0.3, -0.25) is 4.98 Å². The first-order valence-electron chi connectivity index (χ1n) is 6.90. The first-order valence-corrected chi connectivity index (χ1v) is 6.90. The van der Waals surface area contributed by atoms with E-state index >= 15 is 0 Å². The van der Waals surface area contributed by atoms with Gasteiger partial charge in [0.15, 0.2) is 5.82 Å². The van der Waals surface area contributed by atoms with Crippen molar-refractivity contribution in [3.05, 3.63) is 41.9 Å². The molecule has 3 rings (SSSR count). The van der Waals surface area contributed by atoms with E-state index in [1.54, 1.807) is 25.5 Å². The Hall–Kier alpha value is -2.25. The number of nitrogens with zero attached hydrogens (tertiary/aromatic N) is 5. The van der Waals surface area contributed by atoms with E-state index in [9.17, 15) is 13.2 Å². The van der Waals surface area contributed by atoms with Crippen LogP contribution in [-0.4, -0.2) is 26.5 Å². The zero-order valence-electron chi connectivity index (χ0n) is 11.9. The lowest BCUT2D eigenvalue weighted by Gasteiger charge is -2.24. The number of alkyl halides is 3. The van der Waals surface area contributed by atoms with E-state index in [4.69, 9.17) is 0 Å². The molecular weight excluding hydrogens is 295 g/mol. The molecule has 1 aliphatic heterocycles. The first kappa shape index (κ1) is 14.7. The maximum Gasteiger partial charge on any atom is 0.433 e. The van der Waals surface area contributed by atoms with Gasteiger partial charge in [-0.2, -0.15) is 13.2 Å². The minimum Gasteiger partial charge on any atom is -0.345 e. The fraction of sp³-hybridized carbons (Fsp3) is 0.429. The van der Waals surface area contributed by atoms with E-state index in [1.165, 1.54) is 0 Å². The van der Waals surface area contributed by atoms with Gasteiger partial charge in [-0.05, 0) is 25.8 Å².